The van der Waals surface area contributed by atoms with E-state index in [1.54, 1.807) is 16.8 Å². The summed E-state index contributed by atoms with van der Waals surface area (Å²) in [6.45, 7) is 1.32. The fourth-order valence-corrected chi connectivity index (χ4v) is 4.42. The molecule has 0 saturated heterocycles. The highest BCUT2D eigenvalue weighted by Gasteiger charge is 2.30. The maximum absolute atomic E-state index is 12.9. The molecule has 3 N–H and O–H groups in total. The molecule has 0 aliphatic heterocycles. The predicted molar refractivity (Wildman–Crippen MR) is 125 cm³/mol. The van der Waals surface area contributed by atoms with E-state index in [1.807, 2.05) is 6.92 Å². The summed E-state index contributed by atoms with van der Waals surface area (Å²) in [4.78, 5) is 26.4. The molecule has 1 unspecified atom stereocenters. The Morgan fingerprint density at radius 2 is 1.83 bits per heavy atom. The number of Topliss-reactive ketones (excluding diaryl/α,β-unsaturated/α-hetero) is 1. The summed E-state index contributed by atoms with van der Waals surface area (Å²) in [7, 11) is 0. The number of ketones is 1. The van der Waals surface area contributed by atoms with E-state index in [4.69, 9.17) is 0 Å². The van der Waals surface area contributed by atoms with Crippen LogP contribution in [-0.2, 0) is 6.18 Å². The second kappa shape index (κ2) is 10.1. The molecule has 1 aromatic carbocycles. The predicted octanol–water partition coefficient (Wildman–Crippen LogP) is 4.55. The number of imidazole rings is 1. The van der Waals surface area contributed by atoms with Crippen molar-refractivity contribution in [3.8, 4) is 0 Å². The summed E-state index contributed by atoms with van der Waals surface area (Å²) in [6.07, 6.45) is 0.371. The Morgan fingerprint density at radius 1 is 1.11 bits per heavy atom. The molecule has 8 nitrogen and oxygen atoms in total. The van der Waals surface area contributed by atoms with Crippen LogP contribution < -0.4 is 5.32 Å². The number of nitrogens with zero attached hydrogens (tertiary/aromatic N) is 4. The van der Waals surface area contributed by atoms with Gasteiger partial charge in [-0.05, 0) is 36.2 Å². The molecule has 35 heavy (non-hydrogen) atoms. The second-order valence-electron chi connectivity index (χ2n) is 8.03. The Balaban J connectivity index is 1.44. The first-order valence-corrected chi connectivity index (χ1v) is 11.5. The molecule has 3 heterocycles. The molecule has 184 valence electrons. The van der Waals surface area contributed by atoms with E-state index in [9.17, 15) is 28.2 Å². The molecule has 12 heteroatoms. The molecule has 0 saturated carbocycles. The average Bonchev–Trinajstić information content (AvgIpc) is 3.47. The minimum atomic E-state index is -4.40. The Hall–Kier alpha value is -3.35. The highest BCUT2D eigenvalue weighted by Crippen LogP contribution is 2.33. The van der Waals surface area contributed by atoms with Gasteiger partial charge in [-0.25, -0.2) is 9.97 Å². The molecule has 0 spiro atoms. The first kappa shape index (κ1) is 24.8. The summed E-state index contributed by atoms with van der Waals surface area (Å²) >= 11 is 1.31. The number of rotatable bonds is 9. The molecule has 0 radical (unpaired) electrons. The molecule has 0 aliphatic carbocycles. The normalized spacial score (nSPS) is 12.9. The number of hydrogen-bond donors (Lipinski definition) is 3. The third-order valence-corrected chi connectivity index (χ3v) is 6.67. The number of aliphatic hydroxyl groups excluding tert-OH is 2. The maximum atomic E-state index is 12.9. The maximum Gasteiger partial charge on any atom is 0.416 e. The van der Waals surface area contributed by atoms with Crippen molar-refractivity contribution in [1.29, 1.82) is 0 Å². The number of anilines is 2. The van der Waals surface area contributed by atoms with Crippen molar-refractivity contribution < 1.29 is 28.2 Å². The van der Waals surface area contributed by atoms with E-state index >= 15 is 0 Å². The van der Waals surface area contributed by atoms with Crippen LogP contribution in [0, 0.1) is 0 Å². The summed E-state index contributed by atoms with van der Waals surface area (Å²) in [5, 5.41) is 22.4. The van der Waals surface area contributed by atoms with Crippen LogP contribution >= 0.6 is 11.3 Å². The van der Waals surface area contributed by atoms with Crippen LogP contribution in [0.15, 0.2) is 49.1 Å². The number of aromatic nitrogens is 4. The van der Waals surface area contributed by atoms with Gasteiger partial charge < -0.3 is 20.1 Å². The number of carbonyl (C=O) groups excluding carboxylic acids is 1. The largest absolute Gasteiger partial charge is 0.416 e. The van der Waals surface area contributed by atoms with Crippen LogP contribution in [0.3, 0.4) is 0 Å². The van der Waals surface area contributed by atoms with E-state index in [1.165, 1.54) is 36.0 Å². The number of alkyl halides is 3. The van der Waals surface area contributed by atoms with Gasteiger partial charge in [0.2, 0.25) is 0 Å². The standard InChI is InChI=1S/C23H22F3N5O3S/c1-13(21-9-28-22(35-21)30-15-4-2-14(3-5-15)23(24,25)26)6-20(34)17-7-19-18(8-27-17)29-12-31(19)16(10-32)11-33/h2-5,7-9,12-13,16,32-33H,6,10-11H2,1H3,(H,28,30). The summed E-state index contributed by atoms with van der Waals surface area (Å²) < 4.78 is 39.8. The highest BCUT2D eigenvalue weighted by atomic mass is 32.1. The molecule has 4 rings (SSSR count). The van der Waals surface area contributed by atoms with Crippen molar-refractivity contribution >= 4 is 39.0 Å². The van der Waals surface area contributed by atoms with Crippen LogP contribution in [0.5, 0.6) is 0 Å². The van der Waals surface area contributed by atoms with Crippen LogP contribution in [0.4, 0.5) is 24.0 Å². The molecule has 0 fully saturated rings. The van der Waals surface area contributed by atoms with Gasteiger partial charge in [0, 0.05) is 23.2 Å². The number of nitrogens with one attached hydrogen (secondary N) is 1. The minimum Gasteiger partial charge on any atom is -0.394 e. The SMILES string of the molecule is CC(CC(=O)c1cc2c(cn1)ncn2C(CO)CO)c1cnc(Nc2ccc(C(F)(F)F)cc2)s1. The van der Waals surface area contributed by atoms with Crippen molar-refractivity contribution in [3.05, 3.63) is 65.2 Å². The van der Waals surface area contributed by atoms with Gasteiger partial charge >= 0.3 is 6.18 Å². The quantitative estimate of drug-likeness (QED) is 0.286. The van der Waals surface area contributed by atoms with Crippen molar-refractivity contribution in [3.63, 3.8) is 0 Å². The first-order valence-electron chi connectivity index (χ1n) is 10.7. The minimum absolute atomic E-state index is 0.165. The van der Waals surface area contributed by atoms with Gasteiger partial charge in [0.15, 0.2) is 10.9 Å². The molecular weight excluding hydrogens is 483 g/mol. The molecular formula is C23H22F3N5O3S. The number of benzene rings is 1. The number of fused-ring (bicyclic) bond motifs is 1. The monoisotopic (exact) mass is 505 g/mol. The summed E-state index contributed by atoms with van der Waals surface area (Å²) in [6, 6.07) is 5.69. The first-order chi connectivity index (χ1) is 16.7. The van der Waals surface area contributed by atoms with Crippen LogP contribution in [-0.4, -0.2) is 48.7 Å². The van der Waals surface area contributed by atoms with Crippen molar-refractivity contribution in [2.24, 2.45) is 0 Å². The molecule has 0 amide bonds. The van der Waals surface area contributed by atoms with Crippen LogP contribution in [0.1, 0.15) is 46.2 Å². The number of thiazole rings is 1. The molecule has 3 aromatic heterocycles. The lowest BCUT2D eigenvalue weighted by Crippen LogP contribution is -2.16. The van der Waals surface area contributed by atoms with E-state index < -0.39 is 17.8 Å². The van der Waals surface area contributed by atoms with Crippen molar-refractivity contribution in [2.45, 2.75) is 31.5 Å². The van der Waals surface area contributed by atoms with Gasteiger partial charge in [-0.2, -0.15) is 13.2 Å². The number of carbonyl (C=O) groups is 1. The Bertz CT molecular complexity index is 1320. The zero-order chi connectivity index (χ0) is 25.2. The Kier molecular flexibility index (Phi) is 7.15. The fourth-order valence-electron chi connectivity index (χ4n) is 3.53. The van der Waals surface area contributed by atoms with E-state index in [-0.39, 0.29) is 37.0 Å². The lowest BCUT2D eigenvalue weighted by Gasteiger charge is -2.14. The molecule has 0 aliphatic rings. The fraction of sp³-hybridized carbons (Fsp3) is 0.304. The molecule has 0 bridgehead atoms. The smallest absolute Gasteiger partial charge is 0.394 e. The van der Waals surface area contributed by atoms with Gasteiger partial charge in [0.05, 0.1) is 42.9 Å². The van der Waals surface area contributed by atoms with E-state index in [0.29, 0.717) is 21.9 Å². The third kappa shape index (κ3) is 5.50. The Morgan fingerprint density at radius 3 is 2.49 bits per heavy atom. The zero-order valence-corrected chi connectivity index (χ0v) is 19.3. The van der Waals surface area contributed by atoms with E-state index in [2.05, 4.69) is 20.3 Å². The van der Waals surface area contributed by atoms with Gasteiger partial charge in [-0.15, -0.1) is 11.3 Å². The van der Waals surface area contributed by atoms with Crippen molar-refractivity contribution in [1.82, 2.24) is 19.5 Å². The van der Waals surface area contributed by atoms with Gasteiger partial charge in [0.25, 0.3) is 0 Å². The average molecular weight is 506 g/mol. The Labute approximate surface area is 202 Å². The van der Waals surface area contributed by atoms with Crippen molar-refractivity contribution in [2.75, 3.05) is 18.5 Å². The van der Waals surface area contributed by atoms with E-state index in [0.717, 1.165) is 17.0 Å². The zero-order valence-electron chi connectivity index (χ0n) is 18.5. The van der Waals surface area contributed by atoms with Crippen LogP contribution in [0.25, 0.3) is 11.0 Å². The number of aliphatic hydroxyl groups is 2. The lowest BCUT2D eigenvalue weighted by atomic mass is 10.0. The molecule has 4 aromatic rings. The number of hydrogen-bond acceptors (Lipinski definition) is 8. The summed E-state index contributed by atoms with van der Waals surface area (Å²) in [5.74, 6) is -0.365. The number of halogens is 3. The highest BCUT2D eigenvalue weighted by molar-refractivity contribution is 7.15. The number of pyridine rings is 1. The topological polar surface area (TPSA) is 113 Å². The van der Waals surface area contributed by atoms with Gasteiger partial charge in [-0.1, -0.05) is 6.92 Å². The van der Waals surface area contributed by atoms with Crippen LogP contribution in [0.2, 0.25) is 0 Å². The van der Waals surface area contributed by atoms with Gasteiger partial charge in [0.1, 0.15) is 11.2 Å². The summed E-state index contributed by atoms with van der Waals surface area (Å²) in [5.41, 5.74) is 1.12. The van der Waals surface area contributed by atoms with Gasteiger partial charge in [-0.3, -0.25) is 9.78 Å². The third-order valence-electron chi connectivity index (χ3n) is 5.53. The second-order valence-corrected chi connectivity index (χ2v) is 9.09. The molecule has 1 atom stereocenters. The lowest BCUT2D eigenvalue weighted by molar-refractivity contribution is -0.137.